The Morgan fingerprint density at radius 2 is 1.97 bits per heavy atom. The van der Waals surface area contributed by atoms with Crippen LogP contribution in [0.1, 0.15) is 38.0 Å². The summed E-state index contributed by atoms with van der Waals surface area (Å²) >= 11 is 0. The third-order valence-electron chi connectivity index (χ3n) is 4.74. The van der Waals surface area contributed by atoms with Crippen LogP contribution in [0.4, 0.5) is 5.69 Å². The fourth-order valence-electron chi connectivity index (χ4n) is 3.39. The van der Waals surface area contributed by atoms with Crippen LogP contribution in [0.25, 0.3) is 0 Å². The van der Waals surface area contributed by atoms with E-state index in [1.165, 1.54) is 12.1 Å². The van der Waals surface area contributed by atoms with Crippen molar-refractivity contribution in [3.05, 3.63) is 47.5 Å². The summed E-state index contributed by atoms with van der Waals surface area (Å²) in [7, 11) is 0. The van der Waals surface area contributed by atoms with Crippen LogP contribution in [-0.2, 0) is 11.2 Å². The van der Waals surface area contributed by atoms with Crippen molar-refractivity contribution in [3.8, 4) is 17.2 Å². The smallest absolute Gasteiger partial charge is 0.262 e. The zero-order valence-corrected chi connectivity index (χ0v) is 18.2. The molecule has 0 radical (unpaired) electrons. The lowest BCUT2D eigenvalue weighted by Gasteiger charge is -2.29. The minimum absolute atomic E-state index is 0. The molecule has 0 spiro atoms. The Bertz CT molecular complexity index is 871. The molecule has 2 aromatic carbocycles. The number of aromatic hydroxyl groups is 1. The van der Waals surface area contributed by atoms with Crippen LogP contribution in [0.15, 0.2) is 36.4 Å². The first-order valence-electron chi connectivity index (χ1n) is 9.72. The molecule has 2 aromatic rings. The van der Waals surface area contributed by atoms with Crippen LogP contribution in [0, 0.1) is 0 Å². The van der Waals surface area contributed by atoms with Crippen LogP contribution >= 0.6 is 12.4 Å². The number of aliphatic hydroxyl groups is 1. The van der Waals surface area contributed by atoms with Gasteiger partial charge in [-0.2, -0.15) is 0 Å². The fraction of sp³-hybridized carbons (Fsp3) is 0.409. The lowest BCUT2D eigenvalue weighted by molar-refractivity contribution is -0.118. The molecule has 164 valence electrons. The number of rotatable bonds is 8. The lowest BCUT2D eigenvalue weighted by atomic mass is 9.94. The van der Waals surface area contributed by atoms with Crippen molar-refractivity contribution in [2.75, 3.05) is 25.1 Å². The number of amides is 1. The summed E-state index contributed by atoms with van der Waals surface area (Å²) < 4.78 is 11.0. The van der Waals surface area contributed by atoms with E-state index in [1.54, 1.807) is 0 Å². The molecule has 0 unspecified atom stereocenters. The Morgan fingerprint density at radius 1 is 1.27 bits per heavy atom. The number of hydrogen-bond donors (Lipinski definition) is 4. The number of aliphatic hydroxyl groups excluding tert-OH is 1. The number of nitrogens with one attached hydrogen (secondary N) is 2. The van der Waals surface area contributed by atoms with Crippen molar-refractivity contribution in [2.24, 2.45) is 0 Å². The van der Waals surface area contributed by atoms with E-state index in [9.17, 15) is 15.0 Å². The Hall–Kier alpha value is -2.48. The molecule has 0 aliphatic carbocycles. The molecule has 0 aromatic heterocycles. The third kappa shape index (κ3) is 6.01. The first-order chi connectivity index (χ1) is 13.8. The molecular formula is C22H29ClN2O5. The number of ether oxygens (including phenoxy) is 2. The maximum absolute atomic E-state index is 11.5. The summed E-state index contributed by atoms with van der Waals surface area (Å²) in [6.07, 6.45) is -0.151. The predicted molar refractivity (Wildman–Crippen MR) is 118 cm³/mol. The zero-order chi connectivity index (χ0) is 21.0. The van der Waals surface area contributed by atoms with Gasteiger partial charge in [-0.3, -0.25) is 4.79 Å². The second-order valence-corrected chi connectivity index (χ2v) is 7.78. The highest BCUT2D eigenvalue weighted by Gasteiger charge is 2.26. The van der Waals surface area contributed by atoms with E-state index in [4.69, 9.17) is 9.47 Å². The molecule has 0 saturated carbocycles. The van der Waals surface area contributed by atoms with Crippen LogP contribution in [0.3, 0.4) is 0 Å². The van der Waals surface area contributed by atoms with Crippen LogP contribution in [0.2, 0.25) is 0 Å². The SMILES string of the molecule is CCOc1ccc(CC(C)(C)NC[C@H](O)c2cc(O)cc3c2OCC(=O)N3)cc1.Cl. The molecule has 8 heteroatoms. The van der Waals surface area contributed by atoms with E-state index in [0.717, 1.165) is 17.7 Å². The predicted octanol–water partition coefficient (Wildman–Crippen LogP) is 3.19. The maximum Gasteiger partial charge on any atom is 0.262 e. The van der Waals surface area contributed by atoms with Gasteiger partial charge in [-0.25, -0.2) is 0 Å². The minimum atomic E-state index is -0.912. The number of halogens is 1. The Kier molecular flexibility index (Phi) is 7.95. The molecule has 3 rings (SSSR count). The zero-order valence-electron chi connectivity index (χ0n) is 17.4. The van der Waals surface area contributed by atoms with Gasteiger partial charge in [-0.15, -0.1) is 12.4 Å². The van der Waals surface area contributed by atoms with Gasteiger partial charge in [-0.1, -0.05) is 12.1 Å². The molecule has 1 aliphatic rings. The molecular weight excluding hydrogens is 408 g/mol. The van der Waals surface area contributed by atoms with Gasteiger partial charge in [-0.05, 0) is 51.0 Å². The van der Waals surface area contributed by atoms with Gasteiger partial charge in [0, 0.05) is 23.7 Å². The fourth-order valence-corrected chi connectivity index (χ4v) is 3.39. The lowest BCUT2D eigenvalue weighted by Crippen LogP contribution is -2.43. The highest BCUT2D eigenvalue weighted by atomic mass is 35.5. The van der Waals surface area contributed by atoms with E-state index in [2.05, 4.69) is 24.5 Å². The number of hydrogen-bond acceptors (Lipinski definition) is 6. The molecule has 1 aliphatic heterocycles. The molecule has 1 heterocycles. The van der Waals surface area contributed by atoms with E-state index in [-0.39, 0.29) is 42.8 Å². The summed E-state index contributed by atoms with van der Waals surface area (Å²) in [5, 5.41) is 26.7. The van der Waals surface area contributed by atoms with Gasteiger partial charge in [0.05, 0.1) is 18.4 Å². The number of phenolic OH excluding ortho intramolecular Hbond substituents is 1. The Morgan fingerprint density at radius 3 is 2.63 bits per heavy atom. The summed E-state index contributed by atoms with van der Waals surface area (Å²) in [5.74, 6) is 0.898. The van der Waals surface area contributed by atoms with Gasteiger partial charge in [0.15, 0.2) is 6.61 Å². The molecule has 4 N–H and O–H groups in total. The monoisotopic (exact) mass is 436 g/mol. The van der Waals surface area contributed by atoms with Gasteiger partial charge in [0.1, 0.15) is 17.2 Å². The number of phenols is 1. The van der Waals surface area contributed by atoms with Crippen molar-refractivity contribution >= 4 is 24.0 Å². The number of fused-ring (bicyclic) bond motifs is 1. The van der Waals surface area contributed by atoms with E-state index < -0.39 is 6.10 Å². The Labute approximate surface area is 182 Å². The van der Waals surface area contributed by atoms with Gasteiger partial charge < -0.3 is 30.3 Å². The summed E-state index contributed by atoms with van der Waals surface area (Å²) in [6.45, 7) is 6.85. The average Bonchev–Trinajstić information content (AvgIpc) is 2.66. The maximum atomic E-state index is 11.5. The van der Waals surface area contributed by atoms with E-state index in [1.807, 2.05) is 31.2 Å². The second kappa shape index (κ2) is 10.0. The van der Waals surface area contributed by atoms with Crippen LogP contribution in [0.5, 0.6) is 17.2 Å². The topological polar surface area (TPSA) is 100 Å². The number of carbonyl (C=O) groups excluding carboxylic acids is 1. The molecule has 1 amide bonds. The van der Waals surface area contributed by atoms with Crippen LogP contribution < -0.4 is 20.1 Å². The molecule has 7 nitrogen and oxygen atoms in total. The molecule has 1 atom stereocenters. The van der Waals surface area contributed by atoms with Gasteiger partial charge in [0.25, 0.3) is 5.91 Å². The highest BCUT2D eigenvalue weighted by Crippen LogP contribution is 2.38. The molecule has 0 bridgehead atoms. The summed E-state index contributed by atoms with van der Waals surface area (Å²) in [4.78, 5) is 11.5. The quantitative estimate of drug-likeness (QED) is 0.507. The van der Waals surface area contributed by atoms with Crippen molar-refractivity contribution in [1.29, 1.82) is 0 Å². The number of anilines is 1. The summed E-state index contributed by atoms with van der Waals surface area (Å²) in [6, 6.07) is 10.8. The van der Waals surface area contributed by atoms with Gasteiger partial charge in [0.2, 0.25) is 0 Å². The van der Waals surface area contributed by atoms with Gasteiger partial charge >= 0.3 is 0 Å². The van der Waals surface area contributed by atoms with Crippen molar-refractivity contribution in [1.82, 2.24) is 5.32 Å². The standard InChI is InChI=1S/C22H28N2O5.ClH/c1-4-28-16-7-5-14(6-8-16)11-22(2,3)23-12-19(26)17-9-15(25)10-18-21(17)29-13-20(27)24-18;/h5-10,19,23,25-26H,4,11-13H2,1-3H3,(H,24,27);1H/t19-;/m0./s1. The van der Waals surface area contributed by atoms with Crippen LogP contribution in [-0.4, -0.2) is 41.4 Å². The second-order valence-electron chi connectivity index (χ2n) is 7.78. The third-order valence-corrected chi connectivity index (χ3v) is 4.74. The summed E-state index contributed by atoms with van der Waals surface area (Å²) in [5.41, 5.74) is 1.68. The molecule has 30 heavy (non-hydrogen) atoms. The number of β-amino-alcohol motifs (C(OH)–C–C–N with tert-alkyl or cyclic N) is 1. The normalized spacial score (nSPS) is 14.1. The first-order valence-corrected chi connectivity index (χ1v) is 9.72. The molecule has 0 fully saturated rings. The van der Waals surface area contributed by atoms with Crippen molar-refractivity contribution in [2.45, 2.75) is 38.8 Å². The Balaban J connectivity index is 0.00000320. The highest BCUT2D eigenvalue weighted by molar-refractivity contribution is 5.96. The number of carbonyl (C=O) groups is 1. The van der Waals surface area contributed by atoms with E-state index in [0.29, 0.717) is 23.6 Å². The van der Waals surface area contributed by atoms with E-state index >= 15 is 0 Å². The number of benzene rings is 2. The first kappa shape index (κ1) is 23.8. The minimum Gasteiger partial charge on any atom is -0.508 e. The van der Waals surface area contributed by atoms with Crippen molar-refractivity contribution < 1.29 is 24.5 Å². The largest absolute Gasteiger partial charge is 0.508 e. The average molecular weight is 437 g/mol. The van der Waals surface area contributed by atoms with Crippen molar-refractivity contribution in [3.63, 3.8) is 0 Å². The molecule has 0 saturated heterocycles.